The fraction of sp³-hybridized carbons (Fsp3) is 0.500. The van der Waals surface area contributed by atoms with Gasteiger partial charge in [-0.2, -0.15) is 0 Å². The number of rotatable bonds is 3. The van der Waals surface area contributed by atoms with E-state index in [0.29, 0.717) is 12.1 Å². The van der Waals surface area contributed by atoms with Crippen LogP contribution in [0.5, 0.6) is 0 Å². The molecule has 1 aliphatic heterocycles. The van der Waals surface area contributed by atoms with Crippen LogP contribution >= 0.6 is 15.9 Å². The Morgan fingerprint density at radius 2 is 2.47 bits per heavy atom. The molecule has 1 saturated heterocycles. The molecule has 1 aromatic heterocycles. The summed E-state index contributed by atoms with van der Waals surface area (Å²) in [6, 6.07) is 3.54. The van der Waals surface area contributed by atoms with Crippen molar-refractivity contribution in [2.45, 2.75) is 18.9 Å². The van der Waals surface area contributed by atoms with Crippen LogP contribution in [0.3, 0.4) is 0 Å². The third-order valence-electron chi connectivity index (χ3n) is 2.82. The topological polar surface area (TPSA) is 42.4 Å². The fourth-order valence-corrected chi connectivity index (χ4v) is 2.13. The van der Waals surface area contributed by atoms with Gasteiger partial charge in [0.15, 0.2) is 0 Å². The summed E-state index contributed by atoms with van der Waals surface area (Å²) in [5.74, 6) is -0.0134. The molecule has 0 radical (unpaired) electrons. The van der Waals surface area contributed by atoms with Crippen LogP contribution < -0.4 is 0 Å². The molecule has 0 bridgehead atoms. The lowest BCUT2D eigenvalue weighted by molar-refractivity contribution is 0.0587. The summed E-state index contributed by atoms with van der Waals surface area (Å²) in [5.41, 5.74) is 0.605. The van der Waals surface area contributed by atoms with Gasteiger partial charge in [-0.15, -0.1) is 0 Å². The number of carbonyl (C=O) groups excluding carboxylic acids is 1. The molecule has 1 atom stereocenters. The van der Waals surface area contributed by atoms with Gasteiger partial charge in [0.05, 0.1) is 11.7 Å². The van der Waals surface area contributed by atoms with Gasteiger partial charge in [0.25, 0.3) is 5.91 Å². The van der Waals surface area contributed by atoms with Crippen LogP contribution in [0, 0.1) is 0 Å². The molecule has 0 aromatic carbocycles. The lowest BCUT2D eigenvalue weighted by Crippen LogP contribution is -2.34. The summed E-state index contributed by atoms with van der Waals surface area (Å²) in [4.78, 5) is 17.8. The number of aromatic nitrogens is 1. The van der Waals surface area contributed by atoms with Crippen LogP contribution in [0.2, 0.25) is 0 Å². The summed E-state index contributed by atoms with van der Waals surface area (Å²) >= 11 is 3.25. The minimum atomic E-state index is -0.0134. The van der Waals surface area contributed by atoms with E-state index in [4.69, 9.17) is 4.74 Å². The largest absolute Gasteiger partial charge is 0.376 e. The number of hydrogen-bond donors (Lipinski definition) is 0. The molecular formula is C12H15BrN2O2. The van der Waals surface area contributed by atoms with Gasteiger partial charge >= 0.3 is 0 Å². The van der Waals surface area contributed by atoms with E-state index < -0.39 is 0 Å². The molecular weight excluding hydrogens is 284 g/mol. The van der Waals surface area contributed by atoms with Crippen molar-refractivity contribution >= 4 is 21.8 Å². The molecule has 0 spiro atoms. The number of likely N-dealkylation sites (N-methyl/N-ethyl adjacent to an activating group) is 1. The van der Waals surface area contributed by atoms with Crippen molar-refractivity contribution in [3.8, 4) is 0 Å². The normalized spacial score (nSPS) is 19.3. The summed E-state index contributed by atoms with van der Waals surface area (Å²) in [6.07, 6.45) is 3.90. The summed E-state index contributed by atoms with van der Waals surface area (Å²) in [5, 5.41) is 0. The standard InChI is InChI=1S/C12H15BrN2O2/c1-15(8-10-3-2-6-17-10)12(16)9-4-5-11(13)14-7-9/h4-5,7,10H,2-3,6,8H2,1H3. The Kier molecular flexibility index (Phi) is 4.12. The van der Waals surface area contributed by atoms with Gasteiger partial charge in [0.1, 0.15) is 4.60 Å². The second-order valence-corrected chi connectivity index (χ2v) is 5.00. The molecule has 0 aliphatic carbocycles. The summed E-state index contributed by atoms with van der Waals surface area (Å²) in [6.45, 7) is 1.46. The maximum Gasteiger partial charge on any atom is 0.255 e. The van der Waals surface area contributed by atoms with Crippen LogP contribution in [-0.2, 0) is 4.74 Å². The molecule has 0 saturated carbocycles. The maximum atomic E-state index is 12.1. The van der Waals surface area contributed by atoms with Crippen LogP contribution in [0.4, 0.5) is 0 Å². The Balaban J connectivity index is 1.96. The van der Waals surface area contributed by atoms with Crippen molar-refractivity contribution in [3.05, 3.63) is 28.5 Å². The van der Waals surface area contributed by atoms with Crippen LogP contribution in [0.25, 0.3) is 0 Å². The van der Waals surface area contributed by atoms with E-state index in [1.54, 1.807) is 30.3 Å². The molecule has 0 N–H and O–H groups in total. The monoisotopic (exact) mass is 298 g/mol. The second-order valence-electron chi connectivity index (χ2n) is 4.19. The van der Waals surface area contributed by atoms with Crippen LogP contribution in [-0.4, -0.2) is 42.1 Å². The Bertz CT molecular complexity index is 388. The predicted molar refractivity (Wildman–Crippen MR) is 67.9 cm³/mol. The zero-order chi connectivity index (χ0) is 12.3. The van der Waals surface area contributed by atoms with E-state index in [9.17, 15) is 4.79 Å². The Morgan fingerprint density at radius 1 is 1.65 bits per heavy atom. The first-order valence-corrected chi connectivity index (χ1v) is 6.45. The van der Waals surface area contributed by atoms with Crippen molar-refractivity contribution < 1.29 is 9.53 Å². The SMILES string of the molecule is CN(CC1CCCO1)C(=O)c1ccc(Br)nc1. The molecule has 4 nitrogen and oxygen atoms in total. The zero-order valence-corrected chi connectivity index (χ0v) is 11.3. The van der Waals surface area contributed by atoms with E-state index in [-0.39, 0.29) is 12.0 Å². The first kappa shape index (κ1) is 12.5. The van der Waals surface area contributed by atoms with E-state index >= 15 is 0 Å². The van der Waals surface area contributed by atoms with Crippen molar-refractivity contribution in [1.29, 1.82) is 0 Å². The fourth-order valence-electron chi connectivity index (χ4n) is 1.90. The number of carbonyl (C=O) groups is 1. The second kappa shape index (κ2) is 5.60. The number of halogens is 1. The lowest BCUT2D eigenvalue weighted by atomic mass is 10.2. The highest BCUT2D eigenvalue weighted by Gasteiger charge is 2.20. The van der Waals surface area contributed by atoms with Gasteiger partial charge in [0, 0.05) is 26.4 Å². The van der Waals surface area contributed by atoms with Crippen molar-refractivity contribution in [1.82, 2.24) is 9.88 Å². The maximum absolute atomic E-state index is 12.1. The quantitative estimate of drug-likeness (QED) is 0.803. The molecule has 1 aliphatic rings. The number of amides is 1. The highest BCUT2D eigenvalue weighted by atomic mass is 79.9. The molecule has 2 heterocycles. The number of hydrogen-bond acceptors (Lipinski definition) is 3. The van der Waals surface area contributed by atoms with Crippen molar-refractivity contribution in [2.75, 3.05) is 20.2 Å². The molecule has 92 valence electrons. The third-order valence-corrected chi connectivity index (χ3v) is 3.29. The molecule has 5 heteroatoms. The van der Waals surface area contributed by atoms with Gasteiger partial charge < -0.3 is 9.64 Å². The Labute approximate surface area is 109 Å². The molecule has 2 rings (SSSR count). The molecule has 1 fully saturated rings. The Morgan fingerprint density at radius 3 is 3.06 bits per heavy atom. The molecule has 1 aromatic rings. The number of nitrogens with zero attached hydrogens (tertiary/aromatic N) is 2. The predicted octanol–water partition coefficient (Wildman–Crippen LogP) is 2.10. The van der Waals surface area contributed by atoms with Crippen LogP contribution in [0.1, 0.15) is 23.2 Å². The highest BCUT2D eigenvalue weighted by Crippen LogP contribution is 2.14. The van der Waals surface area contributed by atoms with Gasteiger partial charge in [-0.05, 0) is 40.9 Å². The van der Waals surface area contributed by atoms with E-state index in [1.165, 1.54) is 0 Å². The first-order valence-electron chi connectivity index (χ1n) is 5.65. The highest BCUT2D eigenvalue weighted by molar-refractivity contribution is 9.10. The van der Waals surface area contributed by atoms with Gasteiger partial charge in [-0.25, -0.2) is 4.98 Å². The average molecular weight is 299 g/mol. The number of ether oxygens (including phenoxy) is 1. The Hall–Kier alpha value is -0.940. The van der Waals surface area contributed by atoms with E-state index in [0.717, 1.165) is 24.1 Å². The van der Waals surface area contributed by atoms with Crippen LogP contribution in [0.15, 0.2) is 22.9 Å². The summed E-state index contributed by atoms with van der Waals surface area (Å²) in [7, 11) is 1.80. The third kappa shape index (κ3) is 3.26. The molecule has 1 unspecified atom stereocenters. The summed E-state index contributed by atoms with van der Waals surface area (Å²) < 4.78 is 6.24. The first-order chi connectivity index (χ1) is 8.16. The minimum absolute atomic E-state index is 0.0134. The zero-order valence-electron chi connectivity index (χ0n) is 9.73. The van der Waals surface area contributed by atoms with Crippen molar-refractivity contribution in [2.24, 2.45) is 0 Å². The minimum Gasteiger partial charge on any atom is -0.376 e. The van der Waals surface area contributed by atoms with Crippen molar-refractivity contribution in [3.63, 3.8) is 0 Å². The van der Waals surface area contributed by atoms with E-state index in [2.05, 4.69) is 20.9 Å². The van der Waals surface area contributed by atoms with Gasteiger partial charge in [0.2, 0.25) is 0 Å². The average Bonchev–Trinajstić information content (AvgIpc) is 2.82. The lowest BCUT2D eigenvalue weighted by Gasteiger charge is -2.20. The number of pyridine rings is 1. The smallest absolute Gasteiger partial charge is 0.255 e. The van der Waals surface area contributed by atoms with Gasteiger partial charge in [-0.3, -0.25) is 4.79 Å². The molecule has 17 heavy (non-hydrogen) atoms. The molecule has 1 amide bonds. The van der Waals surface area contributed by atoms with Gasteiger partial charge in [-0.1, -0.05) is 0 Å². The van der Waals surface area contributed by atoms with E-state index in [1.807, 2.05) is 0 Å².